The number of rotatable bonds is 7. The Morgan fingerprint density at radius 3 is 2.72 bits per heavy atom. The van der Waals surface area contributed by atoms with Gasteiger partial charge in [-0.15, -0.1) is 5.10 Å². The van der Waals surface area contributed by atoms with Crippen molar-refractivity contribution in [1.29, 1.82) is 0 Å². The van der Waals surface area contributed by atoms with E-state index in [1.807, 2.05) is 70.2 Å². The van der Waals surface area contributed by atoms with Gasteiger partial charge in [0.05, 0.1) is 18.2 Å². The second-order valence-corrected chi connectivity index (χ2v) is 8.11. The van der Waals surface area contributed by atoms with E-state index in [2.05, 4.69) is 15.3 Å². The zero-order valence-electron chi connectivity index (χ0n) is 17.8. The Hall–Kier alpha value is -3.58. The largest absolute Gasteiger partial charge is 0.376 e. The maximum Gasteiger partial charge on any atom is 0.254 e. The molecule has 0 unspecified atom stereocenters. The molecule has 0 bridgehead atoms. The molecule has 32 heavy (non-hydrogen) atoms. The van der Waals surface area contributed by atoms with Crippen LogP contribution in [0.15, 0.2) is 73.1 Å². The van der Waals surface area contributed by atoms with Gasteiger partial charge in [-0.05, 0) is 54.3 Å². The third-order valence-electron chi connectivity index (χ3n) is 5.78. The molecule has 1 aliphatic heterocycles. The minimum Gasteiger partial charge on any atom is -0.376 e. The second-order valence-electron chi connectivity index (χ2n) is 8.11. The average molecular weight is 428 g/mol. The Balaban J connectivity index is 1.32. The molecule has 2 aromatic carbocycles. The zero-order valence-corrected chi connectivity index (χ0v) is 17.8. The van der Waals surface area contributed by atoms with Gasteiger partial charge in [-0.2, -0.15) is 0 Å². The number of aromatic nitrogens is 4. The topological polar surface area (TPSA) is 73.1 Å². The van der Waals surface area contributed by atoms with Crippen molar-refractivity contribution in [2.45, 2.75) is 32.0 Å². The van der Waals surface area contributed by atoms with Crippen LogP contribution in [0.25, 0.3) is 11.0 Å². The van der Waals surface area contributed by atoms with Crippen LogP contribution in [0.4, 0.5) is 0 Å². The molecule has 7 heteroatoms. The van der Waals surface area contributed by atoms with E-state index in [4.69, 9.17) is 4.74 Å². The normalized spacial score (nSPS) is 15.8. The molecule has 0 aliphatic carbocycles. The fourth-order valence-corrected chi connectivity index (χ4v) is 4.11. The summed E-state index contributed by atoms with van der Waals surface area (Å²) in [6, 6.07) is 19.5. The molecule has 0 spiro atoms. The van der Waals surface area contributed by atoms with Crippen LogP contribution in [-0.4, -0.2) is 50.0 Å². The molecule has 1 amide bonds. The molecule has 1 aliphatic rings. The van der Waals surface area contributed by atoms with Gasteiger partial charge in [-0.3, -0.25) is 9.78 Å². The van der Waals surface area contributed by atoms with E-state index in [-0.39, 0.29) is 12.0 Å². The predicted octanol–water partition coefficient (Wildman–Crippen LogP) is 3.70. The van der Waals surface area contributed by atoms with Gasteiger partial charge in [0, 0.05) is 37.7 Å². The lowest BCUT2D eigenvalue weighted by molar-refractivity contribution is 0.0507. The van der Waals surface area contributed by atoms with E-state index in [0.717, 1.165) is 41.6 Å². The molecule has 1 fully saturated rings. The van der Waals surface area contributed by atoms with E-state index in [0.29, 0.717) is 25.2 Å². The number of amides is 1. The molecule has 4 aromatic rings. The summed E-state index contributed by atoms with van der Waals surface area (Å²) in [7, 11) is 0. The molecular formula is C25H25N5O2. The zero-order chi connectivity index (χ0) is 21.8. The molecule has 0 saturated carbocycles. The summed E-state index contributed by atoms with van der Waals surface area (Å²) in [4.78, 5) is 19.4. The van der Waals surface area contributed by atoms with Crippen LogP contribution in [0.1, 0.15) is 34.3 Å². The summed E-state index contributed by atoms with van der Waals surface area (Å²) < 4.78 is 7.67. The molecule has 1 saturated heterocycles. The third-order valence-corrected chi connectivity index (χ3v) is 5.78. The van der Waals surface area contributed by atoms with Gasteiger partial charge in [0.1, 0.15) is 5.52 Å². The monoisotopic (exact) mass is 427 g/mol. The van der Waals surface area contributed by atoms with Gasteiger partial charge < -0.3 is 9.64 Å². The van der Waals surface area contributed by atoms with Crippen LogP contribution in [0.5, 0.6) is 0 Å². The number of hydrogen-bond donors (Lipinski definition) is 0. The fraction of sp³-hybridized carbons (Fsp3) is 0.280. The molecule has 5 rings (SSSR count). The molecule has 162 valence electrons. The summed E-state index contributed by atoms with van der Waals surface area (Å²) in [5, 5.41) is 8.46. The van der Waals surface area contributed by atoms with Gasteiger partial charge in [-0.25, -0.2) is 4.68 Å². The number of benzene rings is 2. The predicted molar refractivity (Wildman–Crippen MR) is 121 cm³/mol. The van der Waals surface area contributed by atoms with E-state index >= 15 is 0 Å². The van der Waals surface area contributed by atoms with Crippen LogP contribution in [0, 0.1) is 0 Å². The first-order chi connectivity index (χ1) is 15.8. The standard InChI is InChI=1S/C25H25N5O2/c31-25(29(18-22-6-4-14-32-22)16-20-5-3-13-26-15-20)21-11-9-19(10-12-21)17-30-24-8-2-1-7-23(24)27-28-30/h1-3,5,7-13,15,22H,4,6,14,16-18H2/t22-/m1/s1. The Kier molecular flexibility index (Phi) is 5.89. The fourth-order valence-electron chi connectivity index (χ4n) is 4.11. The van der Waals surface area contributed by atoms with Gasteiger partial charge in [-0.1, -0.05) is 35.5 Å². The van der Waals surface area contributed by atoms with Crippen molar-refractivity contribution in [3.05, 3.63) is 89.7 Å². The molecule has 0 radical (unpaired) electrons. The first kappa shape index (κ1) is 20.3. The van der Waals surface area contributed by atoms with Crippen molar-refractivity contribution < 1.29 is 9.53 Å². The number of carbonyl (C=O) groups is 1. The third kappa shape index (κ3) is 4.53. The molecular weight excluding hydrogens is 402 g/mol. The van der Waals surface area contributed by atoms with Gasteiger partial charge in [0.15, 0.2) is 0 Å². The van der Waals surface area contributed by atoms with Crippen LogP contribution < -0.4 is 0 Å². The summed E-state index contributed by atoms with van der Waals surface area (Å²) in [6.45, 7) is 2.47. The lowest BCUT2D eigenvalue weighted by atomic mass is 10.1. The molecule has 2 aromatic heterocycles. The minimum atomic E-state index is 0.00195. The van der Waals surface area contributed by atoms with Crippen molar-refractivity contribution in [2.24, 2.45) is 0 Å². The lowest BCUT2D eigenvalue weighted by Crippen LogP contribution is -2.37. The lowest BCUT2D eigenvalue weighted by Gasteiger charge is -2.25. The highest BCUT2D eigenvalue weighted by Crippen LogP contribution is 2.18. The van der Waals surface area contributed by atoms with Crippen molar-refractivity contribution in [3.63, 3.8) is 0 Å². The molecule has 7 nitrogen and oxygen atoms in total. The quantitative estimate of drug-likeness (QED) is 0.450. The van der Waals surface area contributed by atoms with Crippen LogP contribution >= 0.6 is 0 Å². The molecule has 3 heterocycles. The number of fused-ring (bicyclic) bond motifs is 1. The maximum absolute atomic E-state index is 13.4. The van der Waals surface area contributed by atoms with Gasteiger partial charge in [0.2, 0.25) is 0 Å². The van der Waals surface area contributed by atoms with Crippen LogP contribution in [-0.2, 0) is 17.8 Å². The summed E-state index contributed by atoms with van der Waals surface area (Å²) in [6.07, 6.45) is 5.68. The SMILES string of the molecule is O=C(c1ccc(Cn2nnc3ccccc32)cc1)N(Cc1cccnc1)C[C@H]1CCCO1. The molecule has 1 atom stereocenters. The second kappa shape index (κ2) is 9.28. The highest BCUT2D eigenvalue weighted by Gasteiger charge is 2.24. The molecule has 0 N–H and O–H groups in total. The van der Waals surface area contributed by atoms with E-state index in [1.165, 1.54) is 0 Å². The number of nitrogens with zero attached hydrogens (tertiary/aromatic N) is 5. The van der Waals surface area contributed by atoms with Crippen LogP contribution in [0.2, 0.25) is 0 Å². The van der Waals surface area contributed by atoms with E-state index in [9.17, 15) is 4.79 Å². The first-order valence-electron chi connectivity index (χ1n) is 10.9. The number of para-hydroxylation sites is 1. The number of carbonyl (C=O) groups excluding carboxylic acids is 1. The number of pyridine rings is 1. The van der Waals surface area contributed by atoms with Crippen molar-refractivity contribution in [3.8, 4) is 0 Å². The Labute approximate surface area is 186 Å². The summed E-state index contributed by atoms with van der Waals surface area (Å²) in [5.74, 6) is 0.00195. The van der Waals surface area contributed by atoms with E-state index in [1.54, 1.807) is 12.4 Å². The Morgan fingerprint density at radius 2 is 1.94 bits per heavy atom. The Morgan fingerprint density at radius 1 is 1.06 bits per heavy atom. The summed E-state index contributed by atoms with van der Waals surface area (Å²) in [5.41, 5.74) is 4.61. The number of hydrogen-bond acceptors (Lipinski definition) is 5. The summed E-state index contributed by atoms with van der Waals surface area (Å²) >= 11 is 0. The van der Waals surface area contributed by atoms with Crippen LogP contribution in [0.3, 0.4) is 0 Å². The Bertz CT molecular complexity index is 1180. The highest BCUT2D eigenvalue weighted by atomic mass is 16.5. The van der Waals surface area contributed by atoms with Gasteiger partial charge in [0.25, 0.3) is 5.91 Å². The maximum atomic E-state index is 13.4. The number of ether oxygens (including phenoxy) is 1. The minimum absolute atomic E-state index is 0.00195. The van der Waals surface area contributed by atoms with Gasteiger partial charge >= 0.3 is 0 Å². The smallest absolute Gasteiger partial charge is 0.254 e. The highest BCUT2D eigenvalue weighted by molar-refractivity contribution is 5.94. The van der Waals surface area contributed by atoms with Crippen molar-refractivity contribution in [2.75, 3.05) is 13.2 Å². The first-order valence-corrected chi connectivity index (χ1v) is 10.9. The van der Waals surface area contributed by atoms with E-state index < -0.39 is 0 Å². The van der Waals surface area contributed by atoms with Crippen molar-refractivity contribution >= 4 is 16.9 Å². The van der Waals surface area contributed by atoms with Crippen molar-refractivity contribution in [1.82, 2.24) is 24.9 Å². The average Bonchev–Trinajstić information content (AvgIpc) is 3.50.